The molecule has 6 heteroatoms. The van der Waals surface area contributed by atoms with Crippen LogP contribution in [0.15, 0.2) is 60.7 Å². The molecule has 2 aliphatic rings. The third-order valence-electron chi connectivity index (χ3n) is 7.68. The van der Waals surface area contributed by atoms with Crippen molar-refractivity contribution in [3.63, 3.8) is 0 Å². The molecule has 0 unspecified atom stereocenters. The number of hydrogen-bond donors (Lipinski definition) is 1. The fraction of sp³-hybridized carbons (Fsp3) is 0.345. The lowest BCUT2D eigenvalue weighted by Gasteiger charge is -2.35. The minimum Gasteiger partial charge on any atom is -0.367 e. The maximum atomic E-state index is 15.4. The van der Waals surface area contributed by atoms with E-state index in [0.29, 0.717) is 24.7 Å². The zero-order valence-corrected chi connectivity index (χ0v) is 20.0. The van der Waals surface area contributed by atoms with E-state index in [0.717, 1.165) is 54.6 Å². The second-order valence-electron chi connectivity index (χ2n) is 9.88. The first-order valence-electron chi connectivity index (χ1n) is 12.6. The fourth-order valence-corrected chi connectivity index (χ4v) is 5.97. The summed E-state index contributed by atoms with van der Waals surface area (Å²) in [6, 6.07) is 19.8. The molecule has 0 spiro atoms. The van der Waals surface area contributed by atoms with Crippen molar-refractivity contribution in [3.8, 4) is 0 Å². The molecule has 2 fully saturated rings. The number of aryl methyl sites for hydroxylation is 1. The Morgan fingerprint density at radius 2 is 1.60 bits per heavy atom. The summed E-state index contributed by atoms with van der Waals surface area (Å²) in [6.45, 7) is 4.04. The summed E-state index contributed by atoms with van der Waals surface area (Å²) < 4.78 is 30.8. The largest absolute Gasteiger partial charge is 0.367 e. The maximum Gasteiger partial charge on any atom is 0.151 e. The smallest absolute Gasteiger partial charge is 0.151 e. The molecule has 0 aliphatic carbocycles. The molecule has 4 aromatic rings. The summed E-state index contributed by atoms with van der Waals surface area (Å²) in [7, 11) is 0. The maximum absolute atomic E-state index is 15.4. The number of aromatic amines is 1. The number of halogens is 2. The van der Waals surface area contributed by atoms with E-state index in [-0.39, 0.29) is 11.7 Å². The van der Waals surface area contributed by atoms with Crippen LogP contribution >= 0.6 is 0 Å². The van der Waals surface area contributed by atoms with Gasteiger partial charge in [0.2, 0.25) is 0 Å². The van der Waals surface area contributed by atoms with Crippen LogP contribution in [0.1, 0.15) is 54.6 Å². The molecular formula is C29H30F2N4. The van der Waals surface area contributed by atoms with Crippen molar-refractivity contribution in [1.82, 2.24) is 9.97 Å². The third kappa shape index (κ3) is 4.15. The van der Waals surface area contributed by atoms with Crippen molar-refractivity contribution >= 4 is 22.4 Å². The Kier molecular flexibility index (Phi) is 5.67. The van der Waals surface area contributed by atoms with E-state index in [1.807, 2.05) is 24.0 Å². The zero-order valence-electron chi connectivity index (χ0n) is 20.0. The molecular weight excluding hydrogens is 442 g/mol. The normalized spacial score (nSPS) is 19.1. The number of hydrogen-bond acceptors (Lipinski definition) is 3. The molecule has 0 saturated carbocycles. The topological polar surface area (TPSA) is 35.2 Å². The number of nitrogens with one attached hydrogen (secondary N) is 1. The molecule has 1 N–H and O–H groups in total. The predicted octanol–water partition coefficient (Wildman–Crippen LogP) is 6.88. The molecule has 2 aliphatic heterocycles. The van der Waals surface area contributed by atoms with E-state index < -0.39 is 11.6 Å². The Hall–Kier alpha value is -3.41. The highest BCUT2D eigenvalue weighted by Crippen LogP contribution is 2.40. The van der Waals surface area contributed by atoms with Crippen LogP contribution in [0, 0.1) is 18.6 Å². The summed E-state index contributed by atoms with van der Waals surface area (Å²) in [5.74, 6) is 0.388. The number of nitrogens with zero attached hydrogens (tertiary/aromatic N) is 3. The van der Waals surface area contributed by atoms with E-state index in [2.05, 4.69) is 51.3 Å². The third-order valence-corrected chi connectivity index (χ3v) is 7.68. The first-order valence-corrected chi connectivity index (χ1v) is 12.6. The van der Waals surface area contributed by atoms with Gasteiger partial charge in [-0.1, -0.05) is 36.4 Å². The summed E-state index contributed by atoms with van der Waals surface area (Å²) in [4.78, 5) is 11.8. The highest BCUT2D eigenvalue weighted by Gasteiger charge is 2.30. The first kappa shape index (κ1) is 22.1. The molecule has 1 aromatic heterocycles. The van der Waals surface area contributed by atoms with E-state index in [1.54, 1.807) is 0 Å². The lowest BCUT2D eigenvalue weighted by Crippen LogP contribution is -2.34. The van der Waals surface area contributed by atoms with Gasteiger partial charge in [0.1, 0.15) is 11.5 Å². The Morgan fingerprint density at radius 3 is 2.34 bits per heavy atom. The molecule has 3 aromatic carbocycles. The average molecular weight is 473 g/mol. The van der Waals surface area contributed by atoms with Crippen LogP contribution < -0.4 is 9.80 Å². The minimum absolute atomic E-state index is 0.0919. The van der Waals surface area contributed by atoms with Gasteiger partial charge in [-0.3, -0.25) is 0 Å². The standard InChI is InChI=1S/C29H30F2N4/c1-19-32-26-10-9-22(16-27(26)33-19)28-8-5-13-35(28)23-17-24(30)29(25(31)18-23)34-14-11-21(12-15-34)20-6-3-2-4-7-20/h2-4,6-7,9-10,16-18,21,28H,5,8,11-15H2,1H3,(H,32,33)/t28-/m1/s1. The van der Waals surface area contributed by atoms with Gasteiger partial charge in [0.15, 0.2) is 11.6 Å². The quantitative estimate of drug-likeness (QED) is 0.352. The van der Waals surface area contributed by atoms with Crippen LogP contribution in [0.2, 0.25) is 0 Å². The van der Waals surface area contributed by atoms with Crippen molar-refractivity contribution in [1.29, 1.82) is 0 Å². The van der Waals surface area contributed by atoms with Gasteiger partial charge in [-0.25, -0.2) is 13.8 Å². The number of imidazole rings is 1. The van der Waals surface area contributed by atoms with Crippen molar-refractivity contribution in [2.45, 2.75) is 44.6 Å². The summed E-state index contributed by atoms with van der Waals surface area (Å²) >= 11 is 0. The second-order valence-corrected chi connectivity index (χ2v) is 9.88. The van der Waals surface area contributed by atoms with Gasteiger partial charge in [0, 0.05) is 25.3 Å². The highest BCUT2D eigenvalue weighted by molar-refractivity contribution is 5.76. The van der Waals surface area contributed by atoms with Gasteiger partial charge in [-0.05, 0) is 73.9 Å². The number of piperidine rings is 1. The molecule has 6 rings (SSSR count). The van der Waals surface area contributed by atoms with Crippen LogP contribution in [-0.2, 0) is 0 Å². The zero-order chi connectivity index (χ0) is 23.9. The molecule has 0 bridgehead atoms. The summed E-state index contributed by atoms with van der Waals surface area (Å²) in [6.07, 6.45) is 3.74. The average Bonchev–Trinajstić information content (AvgIpc) is 3.50. The van der Waals surface area contributed by atoms with Crippen LogP contribution in [0.5, 0.6) is 0 Å². The van der Waals surface area contributed by atoms with Crippen LogP contribution in [0.3, 0.4) is 0 Å². The summed E-state index contributed by atoms with van der Waals surface area (Å²) in [5, 5.41) is 0. The molecule has 3 heterocycles. The van der Waals surface area contributed by atoms with Crippen molar-refractivity contribution < 1.29 is 8.78 Å². The fourth-order valence-electron chi connectivity index (χ4n) is 5.97. The lowest BCUT2D eigenvalue weighted by atomic mass is 9.89. The van der Waals surface area contributed by atoms with E-state index in [9.17, 15) is 0 Å². The number of aromatic nitrogens is 2. The SMILES string of the molecule is Cc1nc2ccc([C@H]3CCCN3c3cc(F)c(N4CCC(c5ccccc5)CC4)c(F)c3)cc2[nH]1. The lowest BCUT2D eigenvalue weighted by molar-refractivity contribution is 0.486. The second kappa shape index (κ2) is 8.99. The van der Waals surface area contributed by atoms with Gasteiger partial charge in [-0.2, -0.15) is 0 Å². The van der Waals surface area contributed by atoms with Gasteiger partial charge >= 0.3 is 0 Å². The van der Waals surface area contributed by atoms with E-state index in [4.69, 9.17) is 0 Å². The molecule has 0 radical (unpaired) electrons. The predicted molar refractivity (Wildman–Crippen MR) is 137 cm³/mol. The first-order chi connectivity index (χ1) is 17.1. The number of benzene rings is 3. The van der Waals surface area contributed by atoms with Crippen molar-refractivity contribution in [2.24, 2.45) is 0 Å². The number of H-pyrrole nitrogens is 1. The highest BCUT2D eigenvalue weighted by atomic mass is 19.1. The van der Waals surface area contributed by atoms with Gasteiger partial charge in [0.05, 0.1) is 17.1 Å². The van der Waals surface area contributed by atoms with Gasteiger partial charge in [-0.15, -0.1) is 0 Å². The van der Waals surface area contributed by atoms with Gasteiger partial charge < -0.3 is 14.8 Å². The molecule has 4 nitrogen and oxygen atoms in total. The van der Waals surface area contributed by atoms with E-state index >= 15 is 8.78 Å². The molecule has 2 saturated heterocycles. The molecule has 35 heavy (non-hydrogen) atoms. The number of rotatable bonds is 4. The summed E-state index contributed by atoms with van der Waals surface area (Å²) in [5.41, 5.74) is 5.13. The van der Waals surface area contributed by atoms with Crippen LogP contribution in [-0.4, -0.2) is 29.6 Å². The Morgan fingerprint density at radius 1 is 0.857 bits per heavy atom. The van der Waals surface area contributed by atoms with Crippen molar-refractivity contribution in [2.75, 3.05) is 29.4 Å². The Bertz CT molecular complexity index is 1320. The van der Waals surface area contributed by atoms with E-state index in [1.165, 1.54) is 17.7 Å². The Balaban J connectivity index is 1.22. The monoisotopic (exact) mass is 472 g/mol. The van der Waals surface area contributed by atoms with Crippen molar-refractivity contribution in [3.05, 3.63) is 89.2 Å². The Labute approximate surface area is 204 Å². The van der Waals surface area contributed by atoms with Gasteiger partial charge in [0.25, 0.3) is 0 Å². The van der Waals surface area contributed by atoms with Crippen LogP contribution in [0.4, 0.5) is 20.2 Å². The number of fused-ring (bicyclic) bond motifs is 1. The molecule has 180 valence electrons. The number of anilines is 2. The molecule has 1 atom stereocenters. The van der Waals surface area contributed by atoms with Crippen LogP contribution in [0.25, 0.3) is 11.0 Å². The molecule has 0 amide bonds. The minimum atomic E-state index is -0.469.